The van der Waals surface area contributed by atoms with Gasteiger partial charge in [0.25, 0.3) is 0 Å². The van der Waals surface area contributed by atoms with Gasteiger partial charge in [-0.15, -0.1) is 0 Å². The second kappa shape index (κ2) is 7.27. The minimum absolute atomic E-state index is 0.154. The van der Waals surface area contributed by atoms with E-state index in [4.69, 9.17) is 4.74 Å². The van der Waals surface area contributed by atoms with E-state index in [9.17, 15) is 19.2 Å². The first kappa shape index (κ1) is 18.1. The number of urea groups is 1. The maximum atomic E-state index is 12.7. The summed E-state index contributed by atoms with van der Waals surface area (Å²) in [6, 6.07) is 5.43. The van der Waals surface area contributed by atoms with E-state index in [0.29, 0.717) is 17.7 Å². The maximum Gasteiger partial charge on any atom is 0.334 e. The van der Waals surface area contributed by atoms with Crippen molar-refractivity contribution in [3.63, 3.8) is 0 Å². The number of amides is 4. The molecule has 138 valence electrons. The number of imide groups is 2. The third-order valence-corrected chi connectivity index (χ3v) is 5.20. The minimum atomic E-state index is -0.922. The number of ether oxygens (including phenoxy) is 1. The molecule has 2 fully saturated rings. The van der Waals surface area contributed by atoms with Crippen LogP contribution in [0.4, 0.5) is 4.79 Å². The largest absolute Gasteiger partial charge is 0.497 e. The summed E-state index contributed by atoms with van der Waals surface area (Å²) in [7, 11) is 1.52. The smallest absolute Gasteiger partial charge is 0.334 e. The molecule has 0 bridgehead atoms. The Morgan fingerprint density at radius 3 is 2.35 bits per heavy atom. The quantitative estimate of drug-likeness (QED) is 0.458. The molecule has 2 atom stereocenters. The van der Waals surface area contributed by atoms with Gasteiger partial charge >= 0.3 is 17.8 Å². The number of nitrogens with zero attached hydrogens (tertiary/aromatic N) is 2. The van der Waals surface area contributed by atoms with Gasteiger partial charge in [-0.2, -0.15) is 0 Å². The van der Waals surface area contributed by atoms with Gasteiger partial charge < -0.3 is 4.74 Å². The molecule has 1 saturated carbocycles. The summed E-state index contributed by atoms with van der Waals surface area (Å²) in [5.74, 6) is -1.39. The second-order valence-electron chi connectivity index (χ2n) is 6.83. The van der Waals surface area contributed by atoms with Crippen LogP contribution in [0.3, 0.4) is 0 Å². The van der Waals surface area contributed by atoms with Crippen LogP contribution in [-0.2, 0) is 9.59 Å². The summed E-state index contributed by atoms with van der Waals surface area (Å²) in [4.78, 5) is 51.6. The molecule has 3 rings (SSSR count). The summed E-state index contributed by atoms with van der Waals surface area (Å²) in [5.41, 5.74) is 0.350. The third kappa shape index (κ3) is 3.21. The van der Waals surface area contributed by atoms with Crippen LogP contribution >= 0.6 is 0 Å². The predicted octanol–water partition coefficient (Wildman–Crippen LogP) is 2.25. The normalized spacial score (nSPS) is 23.5. The molecule has 0 N–H and O–H groups in total. The molecule has 1 heterocycles. The number of ketones is 1. The number of methoxy groups -OCH3 is 1. The highest BCUT2D eigenvalue weighted by Crippen LogP contribution is 2.31. The Bertz CT molecular complexity index is 743. The second-order valence-corrected chi connectivity index (χ2v) is 6.83. The van der Waals surface area contributed by atoms with Gasteiger partial charge in [0, 0.05) is 11.6 Å². The van der Waals surface area contributed by atoms with Crippen LogP contribution in [0.15, 0.2) is 24.3 Å². The lowest BCUT2D eigenvalue weighted by Crippen LogP contribution is -2.46. The van der Waals surface area contributed by atoms with Crippen LogP contribution in [0.1, 0.15) is 43.0 Å². The number of rotatable bonds is 5. The van der Waals surface area contributed by atoms with Gasteiger partial charge in [0.05, 0.1) is 13.7 Å². The molecule has 1 aliphatic carbocycles. The van der Waals surface area contributed by atoms with Crippen LogP contribution in [0.5, 0.6) is 5.75 Å². The molecule has 4 amide bonds. The topological polar surface area (TPSA) is 84.0 Å². The molecular formula is C19H22N2O5. The first-order valence-electron chi connectivity index (χ1n) is 8.80. The first-order chi connectivity index (χ1) is 12.4. The molecule has 1 aromatic rings. The monoisotopic (exact) mass is 358 g/mol. The summed E-state index contributed by atoms with van der Waals surface area (Å²) in [5, 5.41) is 0. The van der Waals surface area contributed by atoms with E-state index in [1.54, 1.807) is 24.3 Å². The van der Waals surface area contributed by atoms with Crippen LogP contribution in [0.2, 0.25) is 0 Å². The molecule has 1 aromatic carbocycles. The molecule has 7 nitrogen and oxygen atoms in total. The number of Topliss-reactive ketones (excluding diaryl/α,β-unsaturated/α-hetero) is 1. The van der Waals surface area contributed by atoms with Crippen LogP contribution in [0, 0.1) is 5.92 Å². The molecule has 2 aliphatic rings. The standard InChI is InChI=1S/C19H22N2O5/c1-12-5-3-4-6-15(12)21-18(24)17(23)20(19(21)25)11-16(22)13-7-9-14(26-2)10-8-13/h7-10,12,15H,3-6,11H2,1-2H3/t12-,15+/m0/s1. The fourth-order valence-electron chi connectivity index (χ4n) is 3.65. The first-order valence-corrected chi connectivity index (χ1v) is 8.80. The Balaban J connectivity index is 1.75. The van der Waals surface area contributed by atoms with Crippen molar-refractivity contribution in [1.82, 2.24) is 9.80 Å². The zero-order valence-electron chi connectivity index (χ0n) is 14.9. The number of benzene rings is 1. The van der Waals surface area contributed by atoms with Crippen molar-refractivity contribution in [3.05, 3.63) is 29.8 Å². The van der Waals surface area contributed by atoms with Gasteiger partial charge in [0.1, 0.15) is 5.75 Å². The Morgan fingerprint density at radius 2 is 1.73 bits per heavy atom. The molecule has 26 heavy (non-hydrogen) atoms. The Morgan fingerprint density at radius 1 is 1.08 bits per heavy atom. The van der Waals surface area contributed by atoms with Crippen molar-refractivity contribution in [1.29, 1.82) is 0 Å². The van der Waals surface area contributed by atoms with Gasteiger partial charge in [-0.3, -0.25) is 19.3 Å². The SMILES string of the molecule is COc1ccc(C(=O)CN2C(=O)C(=O)N([C@@H]3CCCC[C@@H]3C)C2=O)cc1. The summed E-state index contributed by atoms with van der Waals surface area (Å²) < 4.78 is 5.04. The molecule has 0 spiro atoms. The van der Waals surface area contributed by atoms with Crippen molar-refractivity contribution in [2.45, 2.75) is 38.6 Å². The summed E-state index contributed by atoms with van der Waals surface area (Å²) in [6.45, 7) is 1.55. The van der Waals surface area contributed by atoms with Crippen molar-refractivity contribution >= 4 is 23.6 Å². The maximum absolute atomic E-state index is 12.7. The Hall–Kier alpha value is -2.70. The van der Waals surface area contributed by atoms with E-state index in [2.05, 4.69) is 0 Å². The highest BCUT2D eigenvalue weighted by molar-refractivity contribution is 6.45. The van der Waals surface area contributed by atoms with Gasteiger partial charge in [-0.25, -0.2) is 9.69 Å². The lowest BCUT2D eigenvalue weighted by Gasteiger charge is -2.34. The zero-order chi connectivity index (χ0) is 18.8. The van der Waals surface area contributed by atoms with Crippen LogP contribution in [-0.4, -0.2) is 53.1 Å². The Kier molecular flexibility index (Phi) is 5.06. The highest BCUT2D eigenvalue weighted by atomic mass is 16.5. The molecule has 1 saturated heterocycles. The van der Waals surface area contributed by atoms with Crippen LogP contribution < -0.4 is 4.74 Å². The minimum Gasteiger partial charge on any atom is -0.497 e. The van der Waals surface area contributed by atoms with E-state index < -0.39 is 30.2 Å². The predicted molar refractivity (Wildman–Crippen MR) is 92.7 cm³/mol. The summed E-state index contributed by atoms with van der Waals surface area (Å²) >= 11 is 0. The summed E-state index contributed by atoms with van der Waals surface area (Å²) in [6.07, 6.45) is 3.60. The van der Waals surface area contributed by atoms with Gasteiger partial charge in [-0.05, 0) is 43.0 Å². The third-order valence-electron chi connectivity index (χ3n) is 5.20. The molecule has 1 aliphatic heterocycles. The zero-order valence-corrected chi connectivity index (χ0v) is 14.9. The fraction of sp³-hybridized carbons (Fsp3) is 0.474. The number of carbonyl (C=O) groups excluding carboxylic acids is 4. The molecule has 0 aromatic heterocycles. The van der Waals surface area contributed by atoms with Crippen molar-refractivity contribution in [2.24, 2.45) is 5.92 Å². The van der Waals surface area contributed by atoms with Crippen LogP contribution in [0.25, 0.3) is 0 Å². The number of hydrogen-bond acceptors (Lipinski definition) is 5. The van der Waals surface area contributed by atoms with Gasteiger partial charge in [-0.1, -0.05) is 19.8 Å². The molecule has 7 heteroatoms. The average Bonchev–Trinajstić information content (AvgIpc) is 2.86. The lowest BCUT2D eigenvalue weighted by atomic mass is 9.85. The fourth-order valence-corrected chi connectivity index (χ4v) is 3.65. The molecule has 0 unspecified atom stereocenters. The van der Waals surface area contributed by atoms with Crippen molar-refractivity contribution < 1.29 is 23.9 Å². The number of carbonyl (C=O) groups is 4. The highest BCUT2D eigenvalue weighted by Gasteiger charge is 2.49. The van der Waals surface area contributed by atoms with E-state index in [1.165, 1.54) is 7.11 Å². The Labute approximate surface area is 151 Å². The van der Waals surface area contributed by atoms with Crippen molar-refractivity contribution in [2.75, 3.05) is 13.7 Å². The van der Waals surface area contributed by atoms with E-state index in [1.807, 2.05) is 6.92 Å². The van der Waals surface area contributed by atoms with E-state index in [0.717, 1.165) is 29.1 Å². The van der Waals surface area contributed by atoms with Gasteiger partial charge in [0.2, 0.25) is 0 Å². The van der Waals surface area contributed by atoms with Crippen molar-refractivity contribution in [3.8, 4) is 5.75 Å². The molecule has 0 radical (unpaired) electrons. The van der Waals surface area contributed by atoms with E-state index >= 15 is 0 Å². The molecular weight excluding hydrogens is 336 g/mol. The number of hydrogen-bond donors (Lipinski definition) is 0. The average molecular weight is 358 g/mol. The van der Waals surface area contributed by atoms with E-state index in [-0.39, 0.29) is 12.0 Å². The van der Waals surface area contributed by atoms with Gasteiger partial charge in [0.15, 0.2) is 5.78 Å². The lowest BCUT2D eigenvalue weighted by molar-refractivity contribution is -0.144.